The van der Waals surface area contributed by atoms with Gasteiger partial charge in [-0.1, -0.05) is 36.4 Å². The van der Waals surface area contributed by atoms with Crippen LogP contribution in [-0.2, 0) is 21.4 Å². The first-order valence-corrected chi connectivity index (χ1v) is 10.9. The van der Waals surface area contributed by atoms with Crippen molar-refractivity contribution in [1.82, 2.24) is 5.06 Å². The number of hydroxylamine groups is 2. The van der Waals surface area contributed by atoms with Crippen LogP contribution < -0.4 is 9.04 Å². The molecule has 3 aromatic carbocycles. The summed E-state index contributed by atoms with van der Waals surface area (Å²) in [6.07, 6.45) is 0. The summed E-state index contributed by atoms with van der Waals surface area (Å²) in [6, 6.07) is 22.0. The molecule has 162 valence electrons. The lowest BCUT2D eigenvalue weighted by Crippen LogP contribution is -2.31. The van der Waals surface area contributed by atoms with Crippen LogP contribution in [0.5, 0.6) is 5.75 Å². The molecule has 0 fully saturated rings. The number of carbonyl (C=O) groups excluding carboxylic acids is 1. The molecule has 0 spiro atoms. The van der Waals surface area contributed by atoms with Gasteiger partial charge >= 0.3 is 0 Å². The quantitative estimate of drug-likeness (QED) is 0.499. The largest absolute Gasteiger partial charge is 0.497 e. The molecule has 3 rings (SSSR count). The molecule has 0 unspecified atom stereocenters. The van der Waals surface area contributed by atoms with E-state index in [0.29, 0.717) is 11.4 Å². The van der Waals surface area contributed by atoms with Gasteiger partial charge in [-0.25, -0.2) is 13.5 Å². The Bertz CT molecular complexity index is 1130. The van der Waals surface area contributed by atoms with Gasteiger partial charge in [0.2, 0.25) is 0 Å². The Morgan fingerprint density at radius 1 is 0.903 bits per heavy atom. The molecular formula is C23H24N2O5S. The monoisotopic (exact) mass is 440 g/mol. The van der Waals surface area contributed by atoms with Gasteiger partial charge in [0.25, 0.3) is 15.9 Å². The van der Waals surface area contributed by atoms with E-state index in [1.807, 2.05) is 30.3 Å². The van der Waals surface area contributed by atoms with E-state index < -0.39 is 15.9 Å². The van der Waals surface area contributed by atoms with Crippen LogP contribution in [-0.4, -0.2) is 40.7 Å². The smallest absolute Gasteiger partial charge is 0.277 e. The number of ether oxygens (including phenoxy) is 1. The molecule has 7 nitrogen and oxygen atoms in total. The van der Waals surface area contributed by atoms with Crippen LogP contribution in [0.2, 0.25) is 0 Å². The first-order chi connectivity index (χ1) is 14.9. The first kappa shape index (κ1) is 22.3. The highest BCUT2D eigenvalue weighted by atomic mass is 32.2. The maximum atomic E-state index is 13.6. The molecule has 0 bridgehead atoms. The molecular weight excluding hydrogens is 416 g/mol. The first-order valence-electron chi connectivity index (χ1n) is 9.49. The maximum Gasteiger partial charge on any atom is 0.277 e. The van der Waals surface area contributed by atoms with E-state index in [-0.39, 0.29) is 17.0 Å². The number of nitrogens with zero attached hydrogens (tertiary/aromatic N) is 2. The Morgan fingerprint density at radius 3 is 2.19 bits per heavy atom. The molecule has 0 radical (unpaired) electrons. The van der Waals surface area contributed by atoms with E-state index in [9.17, 15) is 13.2 Å². The zero-order valence-electron chi connectivity index (χ0n) is 17.6. The minimum Gasteiger partial charge on any atom is -0.497 e. The van der Waals surface area contributed by atoms with E-state index >= 15 is 0 Å². The molecule has 0 aliphatic rings. The van der Waals surface area contributed by atoms with Crippen molar-refractivity contribution < 1.29 is 22.8 Å². The third kappa shape index (κ3) is 5.04. The Morgan fingerprint density at radius 2 is 1.58 bits per heavy atom. The second-order valence-corrected chi connectivity index (χ2v) is 8.57. The van der Waals surface area contributed by atoms with Crippen molar-refractivity contribution in [1.29, 1.82) is 0 Å². The Hall–Kier alpha value is -3.36. The number of methoxy groups -OCH3 is 1. The molecule has 0 heterocycles. The third-order valence-electron chi connectivity index (χ3n) is 4.76. The highest BCUT2D eigenvalue weighted by molar-refractivity contribution is 7.92. The van der Waals surface area contributed by atoms with Gasteiger partial charge in [0, 0.05) is 12.6 Å². The summed E-state index contributed by atoms with van der Waals surface area (Å²) in [5.74, 6) is 0.176. The molecule has 0 aliphatic heterocycles. The minimum absolute atomic E-state index is 0.00889. The van der Waals surface area contributed by atoms with Crippen LogP contribution in [0.15, 0.2) is 83.8 Å². The van der Waals surface area contributed by atoms with Crippen LogP contribution in [0.3, 0.4) is 0 Å². The second-order valence-electron chi connectivity index (χ2n) is 6.71. The van der Waals surface area contributed by atoms with Crippen LogP contribution in [0.25, 0.3) is 0 Å². The van der Waals surface area contributed by atoms with Crippen molar-refractivity contribution in [3.63, 3.8) is 0 Å². The van der Waals surface area contributed by atoms with Crippen molar-refractivity contribution in [2.45, 2.75) is 11.4 Å². The lowest BCUT2D eigenvalue weighted by molar-refractivity contribution is -0.0757. The summed E-state index contributed by atoms with van der Waals surface area (Å²) in [5.41, 5.74) is 1.52. The fourth-order valence-corrected chi connectivity index (χ4v) is 4.49. The highest BCUT2D eigenvalue weighted by Crippen LogP contribution is 2.28. The summed E-state index contributed by atoms with van der Waals surface area (Å²) in [7, 11) is 0.395. The SMILES string of the molecule is COc1ccc(N(Cc2ccccc2)S(=O)(=O)c2cccc(C(=O)N(C)OC)c2)cc1. The van der Waals surface area contributed by atoms with Gasteiger partial charge in [-0.05, 0) is 48.0 Å². The number of hydrogen-bond donors (Lipinski definition) is 0. The summed E-state index contributed by atoms with van der Waals surface area (Å²) < 4.78 is 33.8. The summed E-state index contributed by atoms with van der Waals surface area (Å²) >= 11 is 0. The van der Waals surface area contributed by atoms with Crippen LogP contribution in [0.4, 0.5) is 5.69 Å². The predicted octanol–water partition coefficient (Wildman–Crippen LogP) is 3.72. The molecule has 0 saturated heterocycles. The lowest BCUT2D eigenvalue weighted by Gasteiger charge is -2.25. The van der Waals surface area contributed by atoms with Crippen LogP contribution in [0.1, 0.15) is 15.9 Å². The molecule has 0 atom stereocenters. The van der Waals surface area contributed by atoms with Gasteiger partial charge in [-0.15, -0.1) is 0 Å². The minimum atomic E-state index is -3.98. The van der Waals surface area contributed by atoms with Crippen molar-refractivity contribution in [2.75, 3.05) is 25.6 Å². The lowest BCUT2D eigenvalue weighted by atomic mass is 10.2. The number of rotatable bonds is 8. The topological polar surface area (TPSA) is 76.2 Å². The predicted molar refractivity (Wildman–Crippen MR) is 118 cm³/mol. The van der Waals surface area contributed by atoms with Crippen molar-refractivity contribution in [3.8, 4) is 5.75 Å². The van der Waals surface area contributed by atoms with Gasteiger partial charge < -0.3 is 4.74 Å². The fraction of sp³-hybridized carbons (Fsp3) is 0.174. The summed E-state index contributed by atoms with van der Waals surface area (Å²) in [6.45, 7) is 0.131. The number of carbonyl (C=O) groups is 1. The van der Waals surface area contributed by atoms with Gasteiger partial charge in [-0.3, -0.25) is 13.9 Å². The summed E-state index contributed by atoms with van der Waals surface area (Å²) in [5, 5.41) is 1.04. The van der Waals surface area contributed by atoms with Crippen molar-refractivity contribution in [3.05, 3.63) is 90.0 Å². The standard InChI is InChI=1S/C23H24N2O5S/c1-24(30-3)23(26)19-10-7-11-22(16-19)31(27,28)25(17-18-8-5-4-6-9-18)20-12-14-21(29-2)15-13-20/h4-16H,17H2,1-3H3. The highest BCUT2D eigenvalue weighted by Gasteiger charge is 2.26. The number of anilines is 1. The van der Waals surface area contributed by atoms with Crippen LogP contribution >= 0.6 is 0 Å². The molecule has 8 heteroatoms. The summed E-state index contributed by atoms with van der Waals surface area (Å²) in [4.78, 5) is 17.4. The van der Waals surface area contributed by atoms with Gasteiger partial charge in [0.05, 0.1) is 31.3 Å². The Balaban J connectivity index is 2.05. The maximum absolute atomic E-state index is 13.6. The van der Waals surface area contributed by atoms with Crippen molar-refractivity contribution >= 4 is 21.6 Å². The number of benzene rings is 3. The van der Waals surface area contributed by atoms with E-state index in [4.69, 9.17) is 9.57 Å². The number of hydrogen-bond acceptors (Lipinski definition) is 5. The fourth-order valence-electron chi connectivity index (χ4n) is 2.99. The zero-order valence-corrected chi connectivity index (χ0v) is 18.4. The average Bonchev–Trinajstić information content (AvgIpc) is 2.82. The molecule has 0 N–H and O–H groups in total. The van der Waals surface area contributed by atoms with Crippen LogP contribution in [0, 0.1) is 0 Å². The number of sulfonamides is 1. The van der Waals surface area contributed by atoms with Crippen molar-refractivity contribution in [2.24, 2.45) is 0 Å². The molecule has 1 amide bonds. The molecule has 0 saturated carbocycles. The van der Waals surface area contributed by atoms with Gasteiger partial charge in [-0.2, -0.15) is 0 Å². The number of amides is 1. The Labute approximate surface area is 182 Å². The third-order valence-corrected chi connectivity index (χ3v) is 6.53. The average molecular weight is 441 g/mol. The molecule has 3 aromatic rings. The second kappa shape index (κ2) is 9.63. The van der Waals surface area contributed by atoms with E-state index in [0.717, 1.165) is 10.6 Å². The normalized spacial score (nSPS) is 11.1. The molecule has 0 aromatic heterocycles. The van der Waals surface area contributed by atoms with Gasteiger partial charge in [0.15, 0.2) is 0 Å². The Kier molecular flexibility index (Phi) is 6.94. The molecule has 31 heavy (non-hydrogen) atoms. The van der Waals surface area contributed by atoms with E-state index in [2.05, 4.69) is 0 Å². The van der Waals surface area contributed by atoms with Gasteiger partial charge in [0.1, 0.15) is 5.75 Å². The zero-order chi connectivity index (χ0) is 22.4. The van der Waals surface area contributed by atoms with E-state index in [1.165, 1.54) is 30.6 Å². The molecule has 0 aliphatic carbocycles. The van der Waals surface area contributed by atoms with E-state index in [1.54, 1.807) is 43.5 Å².